The molecule has 2 heterocycles. The lowest BCUT2D eigenvalue weighted by atomic mass is 9.95. The van der Waals surface area contributed by atoms with Crippen LogP contribution in [0, 0.1) is 0 Å². The average Bonchev–Trinajstić information content (AvgIpc) is 3.26. The fourth-order valence-electron chi connectivity index (χ4n) is 3.48. The Morgan fingerprint density at radius 1 is 1.26 bits per heavy atom. The van der Waals surface area contributed by atoms with E-state index in [0.29, 0.717) is 27.7 Å². The third-order valence-corrected chi connectivity index (χ3v) is 6.34. The van der Waals surface area contributed by atoms with Gasteiger partial charge in [0.25, 0.3) is 11.8 Å². The van der Waals surface area contributed by atoms with Gasteiger partial charge in [-0.2, -0.15) is 0 Å². The van der Waals surface area contributed by atoms with Crippen molar-refractivity contribution in [3.63, 3.8) is 0 Å². The van der Waals surface area contributed by atoms with Gasteiger partial charge >= 0.3 is 0 Å². The second-order valence-electron chi connectivity index (χ2n) is 6.58. The lowest BCUT2D eigenvalue weighted by molar-refractivity contribution is -0.125. The SMILES string of the molecule is NC(=O)c1c(NC(=O)[C@@H]2CC(c3ccccc3Cl)=NO2)sc2c1CCCC2. The van der Waals surface area contributed by atoms with Gasteiger partial charge in [-0.05, 0) is 37.3 Å². The van der Waals surface area contributed by atoms with Gasteiger partial charge in [-0.15, -0.1) is 11.3 Å². The number of thiophene rings is 1. The van der Waals surface area contributed by atoms with Crippen molar-refractivity contribution in [3.05, 3.63) is 50.9 Å². The highest BCUT2D eigenvalue weighted by Gasteiger charge is 2.32. The van der Waals surface area contributed by atoms with Gasteiger partial charge in [-0.25, -0.2) is 0 Å². The van der Waals surface area contributed by atoms with Crippen LogP contribution in [0.3, 0.4) is 0 Å². The zero-order valence-corrected chi connectivity index (χ0v) is 16.0. The van der Waals surface area contributed by atoms with E-state index in [9.17, 15) is 9.59 Å². The number of fused-ring (bicyclic) bond motifs is 1. The summed E-state index contributed by atoms with van der Waals surface area (Å²) in [5, 5.41) is 7.91. The molecule has 1 aromatic carbocycles. The van der Waals surface area contributed by atoms with Gasteiger partial charge in [-0.1, -0.05) is 35.0 Å². The summed E-state index contributed by atoms with van der Waals surface area (Å²) in [4.78, 5) is 31.1. The second kappa shape index (κ2) is 7.32. The molecule has 0 saturated carbocycles. The predicted molar refractivity (Wildman–Crippen MR) is 106 cm³/mol. The minimum absolute atomic E-state index is 0.312. The molecule has 3 N–H and O–H groups in total. The Balaban J connectivity index is 1.50. The molecule has 2 aliphatic rings. The van der Waals surface area contributed by atoms with Crippen molar-refractivity contribution in [2.45, 2.75) is 38.2 Å². The molecule has 0 fully saturated rings. The molecule has 0 radical (unpaired) electrons. The van der Waals surface area contributed by atoms with E-state index in [0.717, 1.165) is 41.7 Å². The van der Waals surface area contributed by atoms with Crippen LogP contribution in [0.15, 0.2) is 29.4 Å². The lowest BCUT2D eigenvalue weighted by Gasteiger charge is -2.11. The summed E-state index contributed by atoms with van der Waals surface area (Å²) in [6.07, 6.45) is 3.39. The van der Waals surface area contributed by atoms with E-state index in [1.807, 2.05) is 18.2 Å². The molecule has 0 bridgehead atoms. The summed E-state index contributed by atoms with van der Waals surface area (Å²) in [5.74, 6) is -0.855. The number of halogens is 1. The number of carbonyl (C=O) groups excluding carboxylic acids is 2. The van der Waals surface area contributed by atoms with Gasteiger partial charge in [-0.3, -0.25) is 9.59 Å². The van der Waals surface area contributed by atoms with Gasteiger partial charge in [0.05, 0.1) is 11.3 Å². The Bertz CT molecular complexity index is 954. The molecule has 6 nitrogen and oxygen atoms in total. The Morgan fingerprint density at radius 2 is 2.04 bits per heavy atom. The number of nitrogens with zero attached hydrogens (tertiary/aromatic N) is 1. The van der Waals surface area contributed by atoms with E-state index >= 15 is 0 Å². The third kappa shape index (κ3) is 3.44. The van der Waals surface area contributed by atoms with Gasteiger partial charge < -0.3 is 15.9 Å². The number of oxime groups is 1. The number of carbonyl (C=O) groups is 2. The average molecular weight is 404 g/mol. The van der Waals surface area contributed by atoms with Crippen LogP contribution in [-0.2, 0) is 22.5 Å². The first kappa shape index (κ1) is 18.0. The van der Waals surface area contributed by atoms with Crippen molar-refractivity contribution >= 4 is 45.5 Å². The number of nitrogens with two attached hydrogens (primary N) is 1. The van der Waals surface area contributed by atoms with Gasteiger partial charge in [0.1, 0.15) is 5.00 Å². The van der Waals surface area contributed by atoms with E-state index in [2.05, 4.69) is 10.5 Å². The molecule has 140 valence electrons. The largest absolute Gasteiger partial charge is 0.382 e. The maximum absolute atomic E-state index is 12.7. The number of rotatable bonds is 4. The fraction of sp³-hybridized carbons (Fsp3) is 0.316. The lowest BCUT2D eigenvalue weighted by Crippen LogP contribution is -2.28. The molecular weight excluding hydrogens is 386 g/mol. The zero-order chi connectivity index (χ0) is 19.0. The number of hydrogen-bond acceptors (Lipinski definition) is 5. The number of aryl methyl sites for hydroxylation is 1. The molecule has 1 aromatic heterocycles. The van der Waals surface area contributed by atoms with Crippen molar-refractivity contribution in [2.24, 2.45) is 10.9 Å². The highest BCUT2D eigenvalue weighted by molar-refractivity contribution is 7.17. The van der Waals surface area contributed by atoms with Crippen LogP contribution in [-0.4, -0.2) is 23.6 Å². The van der Waals surface area contributed by atoms with Crippen molar-refractivity contribution in [3.8, 4) is 0 Å². The summed E-state index contributed by atoms with van der Waals surface area (Å²) in [7, 11) is 0. The van der Waals surface area contributed by atoms with E-state index in [-0.39, 0.29) is 5.91 Å². The standard InChI is InChI=1S/C19H18ClN3O3S/c20-12-7-3-1-5-10(12)13-9-14(26-23-13)18(25)22-19-16(17(21)24)11-6-2-4-8-15(11)27-19/h1,3,5,7,14H,2,4,6,8-9H2,(H2,21,24)(H,22,25)/t14-/m0/s1. The summed E-state index contributed by atoms with van der Waals surface area (Å²) in [5.41, 5.74) is 8.37. The van der Waals surface area contributed by atoms with Crippen LogP contribution in [0.2, 0.25) is 5.02 Å². The molecule has 0 unspecified atom stereocenters. The normalized spacial score (nSPS) is 18.4. The van der Waals surface area contributed by atoms with Crippen molar-refractivity contribution in [1.82, 2.24) is 0 Å². The van der Waals surface area contributed by atoms with Gasteiger partial charge in [0, 0.05) is 21.9 Å². The molecule has 2 aromatic rings. The topological polar surface area (TPSA) is 93.8 Å². The minimum Gasteiger partial charge on any atom is -0.382 e. The molecular formula is C19H18ClN3O3S. The summed E-state index contributed by atoms with van der Waals surface area (Å²) in [6.45, 7) is 0. The zero-order valence-electron chi connectivity index (χ0n) is 14.5. The number of nitrogens with one attached hydrogen (secondary N) is 1. The van der Waals surface area contributed by atoms with E-state index in [1.165, 1.54) is 11.3 Å². The fourth-order valence-corrected chi connectivity index (χ4v) is 5.02. The maximum atomic E-state index is 12.7. The quantitative estimate of drug-likeness (QED) is 0.817. The van der Waals surface area contributed by atoms with Crippen LogP contribution in [0.5, 0.6) is 0 Å². The summed E-state index contributed by atoms with van der Waals surface area (Å²) < 4.78 is 0. The Morgan fingerprint density at radius 3 is 2.81 bits per heavy atom. The summed E-state index contributed by atoms with van der Waals surface area (Å²) >= 11 is 7.62. The van der Waals surface area contributed by atoms with Crippen LogP contribution in [0.25, 0.3) is 0 Å². The predicted octanol–water partition coefficient (Wildman–Crippen LogP) is 3.51. The van der Waals surface area contributed by atoms with Crippen LogP contribution < -0.4 is 11.1 Å². The highest BCUT2D eigenvalue weighted by atomic mass is 35.5. The van der Waals surface area contributed by atoms with E-state index in [4.69, 9.17) is 22.2 Å². The first-order valence-corrected chi connectivity index (χ1v) is 9.97. The summed E-state index contributed by atoms with van der Waals surface area (Å²) in [6, 6.07) is 7.29. The number of primary amides is 1. The van der Waals surface area contributed by atoms with Gasteiger partial charge in [0.15, 0.2) is 0 Å². The first-order valence-electron chi connectivity index (χ1n) is 8.77. The Kier molecular flexibility index (Phi) is 4.88. The van der Waals surface area contributed by atoms with E-state index in [1.54, 1.807) is 6.07 Å². The molecule has 4 rings (SSSR count). The van der Waals surface area contributed by atoms with Crippen LogP contribution in [0.4, 0.5) is 5.00 Å². The number of amides is 2. The molecule has 2 amide bonds. The van der Waals surface area contributed by atoms with Crippen molar-refractivity contribution < 1.29 is 14.4 Å². The molecule has 1 aliphatic heterocycles. The first-order chi connectivity index (χ1) is 13.0. The van der Waals surface area contributed by atoms with E-state index < -0.39 is 12.0 Å². The molecule has 27 heavy (non-hydrogen) atoms. The molecule has 0 saturated heterocycles. The third-order valence-electron chi connectivity index (χ3n) is 4.80. The van der Waals surface area contributed by atoms with Gasteiger partial charge in [0.2, 0.25) is 6.10 Å². The number of anilines is 1. The number of benzene rings is 1. The Hall–Kier alpha value is -2.38. The highest BCUT2D eigenvalue weighted by Crippen LogP contribution is 2.38. The number of hydrogen-bond donors (Lipinski definition) is 2. The second-order valence-corrected chi connectivity index (χ2v) is 8.10. The minimum atomic E-state index is -0.767. The monoisotopic (exact) mass is 403 g/mol. The smallest absolute Gasteiger partial charge is 0.269 e. The van der Waals surface area contributed by atoms with Crippen LogP contribution >= 0.6 is 22.9 Å². The Labute approximate surface area is 165 Å². The molecule has 8 heteroatoms. The van der Waals surface area contributed by atoms with Crippen molar-refractivity contribution in [1.29, 1.82) is 0 Å². The molecule has 1 aliphatic carbocycles. The molecule has 1 atom stereocenters. The van der Waals surface area contributed by atoms with Crippen LogP contribution in [0.1, 0.15) is 45.6 Å². The molecule has 0 spiro atoms. The maximum Gasteiger partial charge on any atom is 0.269 e. The van der Waals surface area contributed by atoms with Crippen molar-refractivity contribution in [2.75, 3.05) is 5.32 Å².